The summed E-state index contributed by atoms with van der Waals surface area (Å²) in [5, 5.41) is 16.0. The summed E-state index contributed by atoms with van der Waals surface area (Å²) >= 11 is 2.08. The van der Waals surface area contributed by atoms with Crippen LogP contribution in [0.1, 0.15) is 5.56 Å². The summed E-state index contributed by atoms with van der Waals surface area (Å²) in [4.78, 5) is -0.131. The van der Waals surface area contributed by atoms with Crippen LogP contribution in [0.3, 0.4) is 0 Å². The van der Waals surface area contributed by atoms with Crippen molar-refractivity contribution in [2.24, 2.45) is 0 Å². The zero-order valence-electron chi connectivity index (χ0n) is 7.85. The van der Waals surface area contributed by atoms with Crippen LogP contribution in [0.15, 0.2) is 26.9 Å². The molecule has 16 heavy (non-hydrogen) atoms. The molecule has 0 unspecified atom stereocenters. The van der Waals surface area contributed by atoms with E-state index in [-0.39, 0.29) is 10.5 Å². The Labute approximate surface area is 98.1 Å². The van der Waals surface area contributed by atoms with E-state index >= 15 is 0 Å². The van der Waals surface area contributed by atoms with Crippen molar-refractivity contribution in [2.75, 3.05) is 0 Å². The molecule has 0 aliphatic carbocycles. The molecule has 3 nitrogen and oxygen atoms in total. The van der Waals surface area contributed by atoms with E-state index in [1.54, 1.807) is 0 Å². The number of halogens is 2. The topological polar surface area (TPSA) is 46.0 Å². The third-order valence-electron chi connectivity index (χ3n) is 1.77. The highest BCUT2D eigenvalue weighted by molar-refractivity contribution is 8.01. The number of hydrogen-bond acceptors (Lipinski definition) is 5. The molecule has 2 aromatic rings. The molecule has 0 aliphatic heterocycles. The van der Waals surface area contributed by atoms with Crippen LogP contribution in [0.2, 0.25) is 0 Å². The van der Waals surface area contributed by atoms with E-state index in [4.69, 9.17) is 5.11 Å². The van der Waals surface area contributed by atoms with E-state index in [0.29, 0.717) is 4.34 Å². The van der Waals surface area contributed by atoms with Crippen LogP contribution in [0.4, 0.5) is 8.78 Å². The predicted octanol–water partition coefficient (Wildman–Crippen LogP) is 2.46. The Bertz CT molecular complexity index is 467. The van der Waals surface area contributed by atoms with Gasteiger partial charge in [0.2, 0.25) is 0 Å². The van der Waals surface area contributed by atoms with E-state index in [2.05, 4.69) is 10.2 Å². The maximum Gasteiger partial charge on any atom is 0.179 e. The number of nitrogens with zero attached hydrogens (tertiary/aromatic N) is 2. The Morgan fingerprint density at radius 1 is 1.31 bits per heavy atom. The van der Waals surface area contributed by atoms with Crippen molar-refractivity contribution < 1.29 is 13.9 Å². The van der Waals surface area contributed by atoms with Gasteiger partial charge in [-0.25, -0.2) is 8.78 Å². The number of hydrogen-bond donors (Lipinski definition) is 1. The van der Waals surface area contributed by atoms with Gasteiger partial charge in [0.25, 0.3) is 0 Å². The van der Waals surface area contributed by atoms with Gasteiger partial charge < -0.3 is 5.11 Å². The Morgan fingerprint density at radius 2 is 2.00 bits per heavy atom. The molecule has 0 amide bonds. The maximum absolute atomic E-state index is 13.5. The van der Waals surface area contributed by atoms with E-state index in [0.717, 1.165) is 23.9 Å². The van der Waals surface area contributed by atoms with Crippen molar-refractivity contribution >= 4 is 23.1 Å². The molecule has 0 radical (unpaired) electrons. The van der Waals surface area contributed by atoms with E-state index in [1.807, 2.05) is 0 Å². The van der Waals surface area contributed by atoms with Crippen LogP contribution in [-0.4, -0.2) is 15.3 Å². The second-order valence-electron chi connectivity index (χ2n) is 2.85. The van der Waals surface area contributed by atoms with Crippen molar-refractivity contribution in [2.45, 2.75) is 15.8 Å². The van der Waals surface area contributed by atoms with Gasteiger partial charge in [-0.05, 0) is 17.7 Å². The minimum atomic E-state index is -0.704. The molecule has 0 fully saturated rings. The Kier molecular flexibility index (Phi) is 3.47. The highest BCUT2D eigenvalue weighted by atomic mass is 32.2. The van der Waals surface area contributed by atoms with Crippen LogP contribution in [0.25, 0.3) is 0 Å². The van der Waals surface area contributed by atoms with Gasteiger partial charge in [0.05, 0.1) is 11.5 Å². The lowest BCUT2D eigenvalue weighted by molar-refractivity contribution is 0.280. The second-order valence-corrected chi connectivity index (χ2v) is 4.94. The van der Waals surface area contributed by atoms with Crippen molar-refractivity contribution in [3.8, 4) is 0 Å². The molecule has 0 aliphatic rings. The van der Waals surface area contributed by atoms with Gasteiger partial charge in [-0.15, -0.1) is 10.2 Å². The van der Waals surface area contributed by atoms with E-state index < -0.39 is 18.2 Å². The fourth-order valence-corrected chi connectivity index (χ4v) is 2.52. The summed E-state index contributed by atoms with van der Waals surface area (Å²) < 4.78 is 27.4. The molecule has 1 N–H and O–H groups in total. The van der Waals surface area contributed by atoms with Gasteiger partial charge >= 0.3 is 0 Å². The normalized spacial score (nSPS) is 10.7. The fraction of sp³-hybridized carbons (Fsp3) is 0.111. The number of aliphatic hydroxyl groups excluding tert-OH is 1. The lowest BCUT2D eigenvalue weighted by Gasteiger charge is -2.04. The monoisotopic (exact) mass is 260 g/mol. The summed E-state index contributed by atoms with van der Waals surface area (Å²) in [6.07, 6.45) is 0. The first-order chi connectivity index (χ1) is 7.70. The van der Waals surface area contributed by atoms with Crippen LogP contribution in [0, 0.1) is 11.6 Å². The van der Waals surface area contributed by atoms with Crippen molar-refractivity contribution in [1.29, 1.82) is 0 Å². The van der Waals surface area contributed by atoms with Crippen LogP contribution < -0.4 is 0 Å². The second kappa shape index (κ2) is 4.86. The van der Waals surface area contributed by atoms with Gasteiger partial charge in [0.15, 0.2) is 4.34 Å². The van der Waals surface area contributed by atoms with Gasteiger partial charge in [-0.3, -0.25) is 0 Å². The third kappa shape index (κ3) is 2.37. The Hall–Kier alpha value is -1.05. The summed E-state index contributed by atoms with van der Waals surface area (Å²) in [6, 6.07) is 2.21. The fourth-order valence-electron chi connectivity index (χ4n) is 1.10. The number of rotatable bonds is 3. The lowest BCUT2D eigenvalue weighted by atomic mass is 10.2. The number of aromatic nitrogens is 2. The molecule has 1 aromatic heterocycles. The summed E-state index contributed by atoms with van der Waals surface area (Å²) in [6.45, 7) is -0.391. The molecule has 0 bridgehead atoms. The summed E-state index contributed by atoms with van der Waals surface area (Å²) in [5.74, 6) is -1.41. The number of aliphatic hydroxyl groups is 1. The molecule has 0 atom stereocenters. The van der Waals surface area contributed by atoms with Crippen LogP contribution >= 0.6 is 23.1 Å². The van der Waals surface area contributed by atoms with Crippen LogP contribution in [0.5, 0.6) is 0 Å². The third-order valence-corrected chi connectivity index (χ3v) is 3.64. The number of benzene rings is 1. The predicted molar refractivity (Wildman–Crippen MR) is 56.3 cm³/mol. The Balaban J connectivity index is 2.34. The molecule has 0 spiro atoms. The minimum absolute atomic E-state index is 0.131. The summed E-state index contributed by atoms with van der Waals surface area (Å²) in [7, 11) is 0. The minimum Gasteiger partial charge on any atom is -0.392 e. The molecular formula is C9H6F2N2OS2. The quantitative estimate of drug-likeness (QED) is 0.920. The molecule has 0 saturated carbocycles. The van der Waals surface area contributed by atoms with Crippen molar-refractivity contribution in [1.82, 2.24) is 10.2 Å². The highest BCUT2D eigenvalue weighted by Gasteiger charge is 2.14. The SMILES string of the molecule is OCc1cc(F)c(Sc2nncs2)c(F)c1. The molecule has 1 heterocycles. The van der Waals surface area contributed by atoms with Crippen molar-refractivity contribution in [3.05, 3.63) is 34.8 Å². The van der Waals surface area contributed by atoms with Gasteiger partial charge in [0, 0.05) is 0 Å². The first-order valence-electron chi connectivity index (χ1n) is 4.23. The molecule has 84 valence electrons. The zero-order chi connectivity index (χ0) is 11.5. The van der Waals surface area contributed by atoms with Gasteiger partial charge in [-0.2, -0.15) is 0 Å². The molecule has 7 heteroatoms. The Morgan fingerprint density at radius 3 is 2.50 bits per heavy atom. The van der Waals surface area contributed by atoms with E-state index in [9.17, 15) is 8.78 Å². The highest BCUT2D eigenvalue weighted by Crippen LogP contribution is 2.33. The first kappa shape index (κ1) is 11.4. The maximum atomic E-state index is 13.5. The molecular weight excluding hydrogens is 254 g/mol. The average molecular weight is 260 g/mol. The standard InChI is InChI=1S/C9H6F2N2OS2/c10-6-1-5(3-14)2-7(11)8(6)16-9-13-12-4-15-9/h1-2,4,14H,3H2. The average Bonchev–Trinajstić information content (AvgIpc) is 2.75. The first-order valence-corrected chi connectivity index (χ1v) is 5.93. The smallest absolute Gasteiger partial charge is 0.179 e. The van der Waals surface area contributed by atoms with Gasteiger partial charge in [-0.1, -0.05) is 23.1 Å². The zero-order valence-corrected chi connectivity index (χ0v) is 9.49. The van der Waals surface area contributed by atoms with E-state index in [1.165, 1.54) is 16.8 Å². The summed E-state index contributed by atoms with van der Waals surface area (Å²) in [5.41, 5.74) is 1.69. The van der Waals surface area contributed by atoms with Gasteiger partial charge in [0.1, 0.15) is 17.1 Å². The van der Waals surface area contributed by atoms with Crippen LogP contribution in [-0.2, 0) is 6.61 Å². The largest absolute Gasteiger partial charge is 0.392 e. The molecule has 0 saturated heterocycles. The lowest BCUT2D eigenvalue weighted by Crippen LogP contribution is -1.92. The molecule has 2 rings (SSSR count). The van der Waals surface area contributed by atoms with Crippen molar-refractivity contribution in [3.63, 3.8) is 0 Å². The molecule has 1 aromatic carbocycles.